The Bertz CT molecular complexity index is 428. The highest BCUT2D eigenvalue weighted by Gasteiger charge is 2.32. The molecule has 1 aliphatic carbocycles. The van der Waals surface area contributed by atoms with E-state index in [-0.39, 0.29) is 6.10 Å². The summed E-state index contributed by atoms with van der Waals surface area (Å²) in [7, 11) is 0. The largest absolute Gasteiger partial charge is 0.486 e. The van der Waals surface area contributed by atoms with Crippen LogP contribution in [0.3, 0.4) is 0 Å². The summed E-state index contributed by atoms with van der Waals surface area (Å²) < 4.78 is 6.14. The van der Waals surface area contributed by atoms with Crippen LogP contribution >= 0.6 is 0 Å². The van der Waals surface area contributed by atoms with E-state index in [0.717, 1.165) is 18.6 Å². The average Bonchev–Trinajstić information content (AvgIpc) is 2.34. The lowest BCUT2D eigenvalue weighted by molar-refractivity contribution is 0.180. The standard InChI is InChI=1S/C17H24O/c1-5-15-13(2)16(11-12-17(15,3)4)18-14-9-7-6-8-10-14/h6-10,16H,5,11-12H2,1-4H3. The Morgan fingerprint density at radius 3 is 2.50 bits per heavy atom. The van der Waals surface area contributed by atoms with Crippen LogP contribution in [0.25, 0.3) is 0 Å². The third-order valence-electron chi connectivity index (χ3n) is 4.18. The van der Waals surface area contributed by atoms with Crippen LogP contribution in [0.1, 0.15) is 47.0 Å². The summed E-state index contributed by atoms with van der Waals surface area (Å²) in [5, 5.41) is 0. The fraction of sp³-hybridized carbons (Fsp3) is 0.529. The van der Waals surface area contributed by atoms with Crippen LogP contribution in [0.4, 0.5) is 0 Å². The smallest absolute Gasteiger partial charge is 0.120 e. The molecule has 0 N–H and O–H groups in total. The van der Waals surface area contributed by atoms with Crippen molar-refractivity contribution < 1.29 is 4.74 Å². The lowest BCUT2D eigenvalue weighted by Crippen LogP contribution is -2.31. The predicted octanol–water partition coefficient (Wildman–Crippen LogP) is 4.98. The van der Waals surface area contributed by atoms with Crippen molar-refractivity contribution >= 4 is 0 Å². The Labute approximate surface area is 111 Å². The third-order valence-corrected chi connectivity index (χ3v) is 4.18. The first-order valence-corrected chi connectivity index (χ1v) is 6.96. The molecule has 1 atom stereocenters. The monoisotopic (exact) mass is 244 g/mol. The molecule has 1 heteroatoms. The van der Waals surface area contributed by atoms with Gasteiger partial charge in [-0.1, -0.05) is 44.5 Å². The first kappa shape index (κ1) is 13.2. The lowest BCUT2D eigenvalue weighted by Gasteiger charge is -2.38. The van der Waals surface area contributed by atoms with E-state index in [4.69, 9.17) is 4.74 Å². The van der Waals surface area contributed by atoms with Gasteiger partial charge in [0.2, 0.25) is 0 Å². The molecule has 98 valence electrons. The normalized spacial score (nSPS) is 23.0. The average molecular weight is 244 g/mol. The van der Waals surface area contributed by atoms with Crippen LogP contribution in [0.2, 0.25) is 0 Å². The number of hydrogen-bond acceptors (Lipinski definition) is 1. The van der Waals surface area contributed by atoms with Crippen LogP contribution in [0, 0.1) is 5.41 Å². The van der Waals surface area contributed by atoms with Crippen LogP contribution in [-0.2, 0) is 0 Å². The van der Waals surface area contributed by atoms with Crippen molar-refractivity contribution in [3.8, 4) is 5.75 Å². The number of benzene rings is 1. The van der Waals surface area contributed by atoms with Crippen molar-refractivity contribution in [3.05, 3.63) is 41.5 Å². The van der Waals surface area contributed by atoms with Crippen molar-refractivity contribution in [1.29, 1.82) is 0 Å². The van der Waals surface area contributed by atoms with E-state index in [1.165, 1.54) is 12.0 Å². The molecule has 0 bridgehead atoms. The molecule has 0 aliphatic heterocycles. The van der Waals surface area contributed by atoms with Gasteiger partial charge in [0.1, 0.15) is 11.9 Å². The second-order valence-electron chi connectivity index (χ2n) is 5.86. The van der Waals surface area contributed by atoms with E-state index < -0.39 is 0 Å². The molecule has 1 aliphatic rings. The van der Waals surface area contributed by atoms with Gasteiger partial charge in [0, 0.05) is 0 Å². The SMILES string of the molecule is CCC1=C(C)C(Oc2ccccc2)CCC1(C)C. The van der Waals surface area contributed by atoms with Crippen molar-refractivity contribution in [2.75, 3.05) is 0 Å². The van der Waals surface area contributed by atoms with Gasteiger partial charge in [0.25, 0.3) is 0 Å². The van der Waals surface area contributed by atoms with E-state index >= 15 is 0 Å². The molecule has 18 heavy (non-hydrogen) atoms. The zero-order valence-corrected chi connectivity index (χ0v) is 12.0. The van der Waals surface area contributed by atoms with Gasteiger partial charge in [-0.2, -0.15) is 0 Å². The topological polar surface area (TPSA) is 9.23 Å². The molecule has 0 amide bonds. The maximum atomic E-state index is 6.14. The van der Waals surface area contributed by atoms with Gasteiger partial charge in [-0.3, -0.25) is 0 Å². The summed E-state index contributed by atoms with van der Waals surface area (Å²) in [5.41, 5.74) is 3.36. The van der Waals surface area contributed by atoms with Crippen molar-refractivity contribution in [3.63, 3.8) is 0 Å². The van der Waals surface area contributed by atoms with Gasteiger partial charge in [-0.25, -0.2) is 0 Å². The highest BCUT2D eigenvalue weighted by molar-refractivity contribution is 5.28. The van der Waals surface area contributed by atoms with Crippen molar-refractivity contribution in [1.82, 2.24) is 0 Å². The second kappa shape index (κ2) is 5.17. The van der Waals surface area contributed by atoms with Crippen molar-refractivity contribution in [2.24, 2.45) is 5.41 Å². The van der Waals surface area contributed by atoms with E-state index in [1.54, 1.807) is 5.57 Å². The maximum absolute atomic E-state index is 6.14. The molecule has 1 unspecified atom stereocenters. The molecule has 1 aromatic rings. The fourth-order valence-corrected chi connectivity index (χ4v) is 3.16. The molecule has 0 saturated carbocycles. The fourth-order valence-electron chi connectivity index (χ4n) is 3.16. The number of ether oxygens (including phenoxy) is 1. The van der Waals surface area contributed by atoms with E-state index in [1.807, 2.05) is 30.3 Å². The minimum Gasteiger partial charge on any atom is -0.486 e. The maximum Gasteiger partial charge on any atom is 0.120 e. The summed E-state index contributed by atoms with van der Waals surface area (Å²) in [5.74, 6) is 0.983. The molecule has 0 heterocycles. The zero-order valence-electron chi connectivity index (χ0n) is 12.0. The molecule has 0 radical (unpaired) electrons. The predicted molar refractivity (Wildman–Crippen MR) is 76.9 cm³/mol. The van der Waals surface area contributed by atoms with E-state index in [0.29, 0.717) is 5.41 Å². The molecule has 0 saturated heterocycles. The molecular weight excluding hydrogens is 220 g/mol. The molecule has 0 aromatic heterocycles. The molecule has 1 nitrogen and oxygen atoms in total. The number of rotatable bonds is 3. The molecule has 0 fully saturated rings. The molecule has 2 rings (SSSR count). The van der Waals surface area contributed by atoms with Gasteiger partial charge in [-0.05, 0) is 49.3 Å². The highest BCUT2D eigenvalue weighted by Crippen LogP contribution is 2.42. The number of hydrogen-bond donors (Lipinski definition) is 0. The van der Waals surface area contributed by atoms with E-state index in [2.05, 4.69) is 27.7 Å². The van der Waals surface area contributed by atoms with Crippen LogP contribution in [0.5, 0.6) is 5.75 Å². The highest BCUT2D eigenvalue weighted by atomic mass is 16.5. The summed E-state index contributed by atoms with van der Waals surface area (Å²) in [4.78, 5) is 0. The van der Waals surface area contributed by atoms with Crippen LogP contribution in [0.15, 0.2) is 41.5 Å². The number of para-hydroxylation sites is 1. The van der Waals surface area contributed by atoms with Gasteiger partial charge in [0.05, 0.1) is 0 Å². The quantitative estimate of drug-likeness (QED) is 0.681. The summed E-state index contributed by atoms with van der Waals surface area (Å²) in [6.07, 6.45) is 3.73. The van der Waals surface area contributed by atoms with Gasteiger partial charge >= 0.3 is 0 Å². The van der Waals surface area contributed by atoms with Gasteiger partial charge in [0.15, 0.2) is 0 Å². The Morgan fingerprint density at radius 1 is 1.22 bits per heavy atom. The third kappa shape index (κ3) is 2.60. The summed E-state index contributed by atoms with van der Waals surface area (Å²) in [6.45, 7) is 9.21. The summed E-state index contributed by atoms with van der Waals surface area (Å²) in [6, 6.07) is 10.2. The minimum atomic E-state index is 0.260. The van der Waals surface area contributed by atoms with Gasteiger partial charge < -0.3 is 4.74 Å². The first-order valence-electron chi connectivity index (χ1n) is 6.96. The molecule has 0 spiro atoms. The Hall–Kier alpha value is -1.24. The van der Waals surface area contributed by atoms with Crippen LogP contribution in [-0.4, -0.2) is 6.10 Å². The second-order valence-corrected chi connectivity index (χ2v) is 5.86. The Kier molecular flexibility index (Phi) is 3.79. The van der Waals surface area contributed by atoms with E-state index in [9.17, 15) is 0 Å². The lowest BCUT2D eigenvalue weighted by atomic mass is 9.71. The number of allylic oxidation sites excluding steroid dienone is 1. The Balaban J connectivity index is 2.21. The van der Waals surface area contributed by atoms with Gasteiger partial charge in [-0.15, -0.1) is 0 Å². The first-order chi connectivity index (χ1) is 8.54. The summed E-state index contributed by atoms with van der Waals surface area (Å²) >= 11 is 0. The van der Waals surface area contributed by atoms with Crippen molar-refractivity contribution in [2.45, 2.75) is 53.1 Å². The molecular formula is C17H24O. The Morgan fingerprint density at radius 2 is 1.89 bits per heavy atom. The minimum absolute atomic E-state index is 0.260. The molecule has 1 aromatic carbocycles. The zero-order chi connectivity index (χ0) is 13.2. The van der Waals surface area contributed by atoms with Crippen LogP contribution < -0.4 is 4.74 Å².